The molecular formula is C18H17N3O2. The quantitative estimate of drug-likeness (QED) is 0.779. The van der Waals surface area contributed by atoms with Crippen molar-refractivity contribution in [3.8, 4) is 11.5 Å². The molecule has 0 aliphatic carbocycles. The fourth-order valence-corrected chi connectivity index (χ4v) is 2.65. The second-order valence-electron chi connectivity index (χ2n) is 5.58. The minimum atomic E-state index is 0.673. The summed E-state index contributed by atoms with van der Waals surface area (Å²) in [7, 11) is 0. The van der Waals surface area contributed by atoms with E-state index in [4.69, 9.17) is 9.47 Å². The number of nitrogens with zero attached hydrogens (tertiary/aromatic N) is 2. The monoisotopic (exact) mass is 307 g/mol. The number of aromatic nitrogens is 2. The van der Waals surface area contributed by atoms with Crippen LogP contribution in [0.25, 0.3) is 10.9 Å². The lowest BCUT2D eigenvalue weighted by molar-refractivity contribution is 0.297. The van der Waals surface area contributed by atoms with Gasteiger partial charge >= 0.3 is 0 Å². The molecule has 0 atom stereocenters. The van der Waals surface area contributed by atoms with Gasteiger partial charge in [0.1, 0.15) is 12.1 Å². The number of nitrogens with one attached hydrogen (secondary N) is 1. The number of fused-ring (bicyclic) bond motifs is 2. The summed E-state index contributed by atoms with van der Waals surface area (Å²) in [6.45, 7) is 3.42. The van der Waals surface area contributed by atoms with Crippen molar-refractivity contribution in [1.82, 2.24) is 9.97 Å². The molecule has 1 aliphatic rings. The zero-order valence-corrected chi connectivity index (χ0v) is 12.9. The van der Waals surface area contributed by atoms with Gasteiger partial charge in [-0.2, -0.15) is 0 Å². The molecule has 0 radical (unpaired) electrons. The molecule has 1 aliphatic heterocycles. The van der Waals surface area contributed by atoms with Gasteiger partial charge in [0.05, 0.1) is 18.7 Å². The molecule has 0 bridgehead atoms. The van der Waals surface area contributed by atoms with Crippen molar-refractivity contribution in [1.29, 1.82) is 0 Å². The van der Waals surface area contributed by atoms with E-state index < -0.39 is 0 Å². The molecule has 4 rings (SSSR count). The Morgan fingerprint density at radius 2 is 1.83 bits per heavy atom. The molecular weight excluding hydrogens is 290 g/mol. The summed E-state index contributed by atoms with van der Waals surface area (Å²) in [5.41, 5.74) is 3.01. The maximum absolute atomic E-state index is 5.74. The van der Waals surface area contributed by atoms with Crippen LogP contribution in [0, 0.1) is 6.92 Å². The first-order chi connectivity index (χ1) is 11.3. The Labute approximate surface area is 134 Å². The normalized spacial score (nSPS) is 13.6. The van der Waals surface area contributed by atoms with Gasteiger partial charge in [-0.25, -0.2) is 9.97 Å². The Kier molecular flexibility index (Phi) is 3.46. The van der Waals surface area contributed by atoms with Crippen LogP contribution >= 0.6 is 0 Å². The standard InChI is InChI=1S/C18H17N3O2/c1-12-3-5-15-14(9-12)18(20-11-19-15)21-13-4-6-16-17(10-13)23-8-2-7-22-16/h3-6,9-11H,2,7-8H2,1H3,(H,19,20,21). The van der Waals surface area contributed by atoms with Crippen LogP contribution in [-0.2, 0) is 0 Å². The van der Waals surface area contributed by atoms with E-state index in [1.807, 2.05) is 30.3 Å². The Hall–Kier alpha value is -2.82. The van der Waals surface area contributed by atoms with E-state index in [-0.39, 0.29) is 0 Å². The number of benzene rings is 2. The molecule has 0 fully saturated rings. The highest BCUT2D eigenvalue weighted by atomic mass is 16.5. The highest BCUT2D eigenvalue weighted by molar-refractivity contribution is 5.91. The number of anilines is 2. The Morgan fingerprint density at radius 1 is 0.957 bits per heavy atom. The lowest BCUT2D eigenvalue weighted by Crippen LogP contribution is -1.98. The molecule has 3 aromatic rings. The van der Waals surface area contributed by atoms with Crippen molar-refractivity contribution in [2.75, 3.05) is 18.5 Å². The van der Waals surface area contributed by atoms with Crippen LogP contribution in [0.1, 0.15) is 12.0 Å². The van der Waals surface area contributed by atoms with Crippen LogP contribution in [0.2, 0.25) is 0 Å². The first-order valence-electron chi connectivity index (χ1n) is 7.68. The van der Waals surface area contributed by atoms with Gasteiger partial charge in [0, 0.05) is 23.6 Å². The molecule has 0 saturated carbocycles. The van der Waals surface area contributed by atoms with Crippen molar-refractivity contribution in [3.63, 3.8) is 0 Å². The zero-order chi connectivity index (χ0) is 15.6. The second kappa shape index (κ2) is 5.76. The van der Waals surface area contributed by atoms with Gasteiger partial charge in [0.15, 0.2) is 11.5 Å². The molecule has 0 unspecified atom stereocenters. The van der Waals surface area contributed by atoms with Gasteiger partial charge in [0.2, 0.25) is 0 Å². The van der Waals surface area contributed by atoms with Crippen molar-refractivity contribution in [2.24, 2.45) is 0 Å². The van der Waals surface area contributed by atoms with E-state index in [0.29, 0.717) is 13.2 Å². The van der Waals surface area contributed by atoms with Crippen molar-refractivity contribution in [2.45, 2.75) is 13.3 Å². The number of aryl methyl sites for hydroxylation is 1. The lowest BCUT2D eigenvalue weighted by atomic mass is 10.1. The summed E-state index contributed by atoms with van der Waals surface area (Å²) in [4.78, 5) is 8.69. The van der Waals surface area contributed by atoms with Crippen LogP contribution < -0.4 is 14.8 Å². The van der Waals surface area contributed by atoms with Crippen LogP contribution in [0.4, 0.5) is 11.5 Å². The minimum absolute atomic E-state index is 0.673. The minimum Gasteiger partial charge on any atom is -0.490 e. The molecule has 5 nitrogen and oxygen atoms in total. The summed E-state index contributed by atoms with van der Waals surface area (Å²) in [6, 6.07) is 12.0. The molecule has 1 N–H and O–H groups in total. The van der Waals surface area contributed by atoms with Crippen LogP contribution in [0.5, 0.6) is 11.5 Å². The summed E-state index contributed by atoms with van der Waals surface area (Å²) in [5.74, 6) is 2.34. The molecule has 2 aromatic carbocycles. The van der Waals surface area contributed by atoms with Gasteiger partial charge < -0.3 is 14.8 Å². The molecule has 0 spiro atoms. The second-order valence-corrected chi connectivity index (χ2v) is 5.58. The van der Waals surface area contributed by atoms with Gasteiger partial charge in [0.25, 0.3) is 0 Å². The molecule has 116 valence electrons. The molecule has 0 amide bonds. The predicted octanol–water partition coefficient (Wildman–Crippen LogP) is 3.84. The van der Waals surface area contributed by atoms with E-state index in [9.17, 15) is 0 Å². The van der Waals surface area contributed by atoms with Crippen molar-refractivity contribution in [3.05, 3.63) is 48.3 Å². The predicted molar refractivity (Wildman–Crippen MR) is 89.6 cm³/mol. The van der Waals surface area contributed by atoms with Crippen molar-refractivity contribution >= 4 is 22.4 Å². The number of rotatable bonds is 2. The van der Waals surface area contributed by atoms with E-state index in [0.717, 1.165) is 40.3 Å². The van der Waals surface area contributed by atoms with E-state index in [1.165, 1.54) is 5.56 Å². The average Bonchev–Trinajstić information content (AvgIpc) is 2.80. The van der Waals surface area contributed by atoms with Crippen molar-refractivity contribution < 1.29 is 9.47 Å². The molecule has 5 heteroatoms. The molecule has 2 heterocycles. The van der Waals surface area contributed by atoms with E-state index >= 15 is 0 Å². The fraction of sp³-hybridized carbons (Fsp3) is 0.222. The number of hydrogen-bond acceptors (Lipinski definition) is 5. The summed E-state index contributed by atoms with van der Waals surface area (Å²) in [5, 5.41) is 4.36. The SMILES string of the molecule is Cc1ccc2ncnc(Nc3ccc4c(c3)OCCCO4)c2c1. The third-order valence-corrected chi connectivity index (χ3v) is 3.80. The maximum atomic E-state index is 5.74. The molecule has 1 aromatic heterocycles. The molecule has 0 saturated heterocycles. The topological polar surface area (TPSA) is 56.3 Å². The highest BCUT2D eigenvalue weighted by Gasteiger charge is 2.11. The molecule has 23 heavy (non-hydrogen) atoms. The first kappa shape index (κ1) is 13.8. The van der Waals surface area contributed by atoms with Crippen LogP contribution in [0.15, 0.2) is 42.7 Å². The summed E-state index contributed by atoms with van der Waals surface area (Å²) < 4.78 is 11.4. The maximum Gasteiger partial charge on any atom is 0.163 e. The van der Waals surface area contributed by atoms with E-state index in [2.05, 4.69) is 28.3 Å². The van der Waals surface area contributed by atoms with Gasteiger partial charge in [-0.1, -0.05) is 11.6 Å². The van der Waals surface area contributed by atoms with Crippen LogP contribution in [0.3, 0.4) is 0 Å². The largest absolute Gasteiger partial charge is 0.490 e. The Morgan fingerprint density at radius 3 is 2.74 bits per heavy atom. The first-order valence-corrected chi connectivity index (χ1v) is 7.68. The fourth-order valence-electron chi connectivity index (χ4n) is 2.65. The average molecular weight is 307 g/mol. The number of hydrogen-bond donors (Lipinski definition) is 1. The van der Waals surface area contributed by atoms with Crippen LogP contribution in [-0.4, -0.2) is 23.2 Å². The summed E-state index contributed by atoms with van der Waals surface area (Å²) in [6.07, 6.45) is 2.47. The third-order valence-electron chi connectivity index (χ3n) is 3.80. The summed E-state index contributed by atoms with van der Waals surface area (Å²) >= 11 is 0. The Bertz CT molecular complexity index is 864. The zero-order valence-electron chi connectivity index (χ0n) is 12.9. The van der Waals surface area contributed by atoms with Gasteiger partial charge in [-0.05, 0) is 31.2 Å². The lowest BCUT2D eigenvalue weighted by Gasteiger charge is -2.12. The van der Waals surface area contributed by atoms with Gasteiger partial charge in [-0.15, -0.1) is 0 Å². The smallest absolute Gasteiger partial charge is 0.163 e. The number of ether oxygens (including phenoxy) is 2. The highest BCUT2D eigenvalue weighted by Crippen LogP contribution is 2.34. The van der Waals surface area contributed by atoms with Gasteiger partial charge in [-0.3, -0.25) is 0 Å². The Balaban J connectivity index is 1.71. The third kappa shape index (κ3) is 2.77. The van der Waals surface area contributed by atoms with E-state index in [1.54, 1.807) is 6.33 Å².